The minimum absolute atomic E-state index is 0.197. The second kappa shape index (κ2) is 3.93. The number of nitrogens with two attached hydrogens (primary N) is 1. The maximum Gasteiger partial charge on any atom is 0.227 e. The van der Waals surface area contributed by atoms with Crippen LogP contribution in [0.15, 0.2) is 18.2 Å². The van der Waals surface area contributed by atoms with Crippen LogP contribution in [0.4, 0.5) is 11.4 Å². The second-order valence-corrected chi connectivity index (χ2v) is 4.02. The van der Waals surface area contributed by atoms with Crippen LogP contribution in [0.5, 0.6) is 0 Å². The van der Waals surface area contributed by atoms with Crippen LogP contribution in [0.25, 0.3) is 0 Å². The summed E-state index contributed by atoms with van der Waals surface area (Å²) in [7, 11) is 0. The summed E-state index contributed by atoms with van der Waals surface area (Å²) < 4.78 is 0. The second-order valence-electron chi connectivity index (χ2n) is 4.02. The highest BCUT2D eigenvalue weighted by Gasteiger charge is 2.22. The monoisotopic (exact) mass is 204 g/mol. The smallest absolute Gasteiger partial charge is 0.227 e. The van der Waals surface area contributed by atoms with Crippen LogP contribution >= 0.6 is 0 Å². The van der Waals surface area contributed by atoms with Gasteiger partial charge in [-0.05, 0) is 31.4 Å². The number of carbonyl (C=O) groups is 1. The standard InChI is InChI=1S/C12H16N2O/c1-9-5-4-6-10(13)12(9)14-8-3-2-7-11(14)15/h4-6H,2-3,7-8,13H2,1H3. The maximum absolute atomic E-state index is 11.8. The van der Waals surface area contributed by atoms with Crippen molar-refractivity contribution in [1.82, 2.24) is 0 Å². The molecule has 0 aliphatic carbocycles. The summed E-state index contributed by atoms with van der Waals surface area (Å²) in [6.07, 6.45) is 2.72. The fourth-order valence-corrected chi connectivity index (χ4v) is 2.09. The number of benzene rings is 1. The molecule has 0 bridgehead atoms. The average molecular weight is 204 g/mol. The summed E-state index contributed by atoms with van der Waals surface area (Å²) in [5.74, 6) is 0.197. The van der Waals surface area contributed by atoms with E-state index in [1.165, 1.54) is 0 Å². The lowest BCUT2D eigenvalue weighted by atomic mass is 10.1. The summed E-state index contributed by atoms with van der Waals surface area (Å²) >= 11 is 0. The van der Waals surface area contributed by atoms with E-state index in [9.17, 15) is 4.79 Å². The molecule has 1 aromatic carbocycles. The van der Waals surface area contributed by atoms with Gasteiger partial charge in [-0.3, -0.25) is 4.79 Å². The molecule has 3 heteroatoms. The fourth-order valence-electron chi connectivity index (χ4n) is 2.09. The number of aryl methyl sites for hydroxylation is 1. The third-order valence-corrected chi connectivity index (χ3v) is 2.86. The van der Waals surface area contributed by atoms with Crippen LogP contribution in [-0.4, -0.2) is 12.5 Å². The first kappa shape index (κ1) is 10.0. The van der Waals surface area contributed by atoms with E-state index in [1.54, 1.807) is 0 Å². The number of para-hydroxylation sites is 1. The molecule has 1 heterocycles. The Labute approximate surface area is 89.9 Å². The molecule has 0 aromatic heterocycles. The van der Waals surface area contributed by atoms with Crippen LogP contribution in [0.2, 0.25) is 0 Å². The highest BCUT2D eigenvalue weighted by atomic mass is 16.2. The normalized spacial score (nSPS) is 16.9. The van der Waals surface area contributed by atoms with E-state index in [4.69, 9.17) is 5.73 Å². The Balaban J connectivity index is 2.39. The molecule has 0 spiro atoms. The molecular formula is C12H16N2O. The van der Waals surface area contributed by atoms with E-state index in [0.717, 1.165) is 30.6 Å². The Kier molecular flexibility index (Phi) is 2.62. The molecule has 80 valence electrons. The van der Waals surface area contributed by atoms with Crippen molar-refractivity contribution in [3.05, 3.63) is 23.8 Å². The van der Waals surface area contributed by atoms with Crippen molar-refractivity contribution in [3.8, 4) is 0 Å². The number of amides is 1. The number of hydrogen-bond acceptors (Lipinski definition) is 2. The van der Waals surface area contributed by atoms with Gasteiger partial charge in [0.2, 0.25) is 5.91 Å². The fraction of sp³-hybridized carbons (Fsp3) is 0.417. The Hall–Kier alpha value is -1.51. The van der Waals surface area contributed by atoms with Gasteiger partial charge in [0.1, 0.15) is 0 Å². The summed E-state index contributed by atoms with van der Waals surface area (Å²) in [5.41, 5.74) is 8.60. The number of anilines is 2. The molecule has 1 fully saturated rings. The number of rotatable bonds is 1. The lowest BCUT2D eigenvalue weighted by Gasteiger charge is -2.29. The van der Waals surface area contributed by atoms with Crippen molar-refractivity contribution >= 4 is 17.3 Å². The van der Waals surface area contributed by atoms with Gasteiger partial charge in [0.15, 0.2) is 0 Å². The van der Waals surface area contributed by atoms with Gasteiger partial charge >= 0.3 is 0 Å². The highest BCUT2D eigenvalue weighted by Crippen LogP contribution is 2.30. The predicted octanol–water partition coefficient (Wildman–Crippen LogP) is 2.09. The van der Waals surface area contributed by atoms with E-state index >= 15 is 0 Å². The lowest BCUT2D eigenvalue weighted by Crippen LogP contribution is -2.36. The van der Waals surface area contributed by atoms with E-state index in [1.807, 2.05) is 30.0 Å². The zero-order valence-electron chi connectivity index (χ0n) is 8.99. The van der Waals surface area contributed by atoms with E-state index in [0.29, 0.717) is 12.1 Å². The largest absolute Gasteiger partial charge is 0.397 e. The first-order valence-electron chi connectivity index (χ1n) is 5.35. The summed E-state index contributed by atoms with van der Waals surface area (Å²) in [5, 5.41) is 0. The molecule has 1 aliphatic rings. The van der Waals surface area contributed by atoms with E-state index in [-0.39, 0.29) is 5.91 Å². The number of carbonyl (C=O) groups excluding carboxylic acids is 1. The Morgan fingerprint density at radius 1 is 1.33 bits per heavy atom. The van der Waals surface area contributed by atoms with Gasteiger partial charge in [0.05, 0.1) is 11.4 Å². The third-order valence-electron chi connectivity index (χ3n) is 2.86. The minimum atomic E-state index is 0.197. The van der Waals surface area contributed by atoms with Crippen molar-refractivity contribution in [2.45, 2.75) is 26.2 Å². The van der Waals surface area contributed by atoms with Crippen molar-refractivity contribution in [3.63, 3.8) is 0 Å². The number of nitrogen functional groups attached to an aromatic ring is 1. The Morgan fingerprint density at radius 3 is 2.80 bits per heavy atom. The molecular weight excluding hydrogens is 188 g/mol. The lowest BCUT2D eigenvalue weighted by molar-refractivity contribution is -0.119. The predicted molar refractivity (Wildman–Crippen MR) is 61.8 cm³/mol. The zero-order valence-corrected chi connectivity index (χ0v) is 8.99. The third kappa shape index (κ3) is 1.82. The van der Waals surface area contributed by atoms with Crippen LogP contribution in [0.1, 0.15) is 24.8 Å². The highest BCUT2D eigenvalue weighted by molar-refractivity contribution is 5.97. The number of hydrogen-bond donors (Lipinski definition) is 1. The average Bonchev–Trinajstić information content (AvgIpc) is 2.20. The molecule has 2 rings (SSSR count). The maximum atomic E-state index is 11.8. The van der Waals surface area contributed by atoms with Crippen molar-refractivity contribution in [2.24, 2.45) is 0 Å². The molecule has 0 unspecified atom stereocenters. The molecule has 2 N–H and O–H groups in total. The summed E-state index contributed by atoms with van der Waals surface area (Å²) in [6.45, 7) is 2.79. The molecule has 3 nitrogen and oxygen atoms in total. The number of nitrogens with zero attached hydrogens (tertiary/aromatic N) is 1. The van der Waals surface area contributed by atoms with Crippen LogP contribution in [0, 0.1) is 6.92 Å². The molecule has 1 aromatic rings. The first-order valence-corrected chi connectivity index (χ1v) is 5.35. The Bertz CT molecular complexity index is 367. The van der Waals surface area contributed by atoms with Gasteiger partial charge in [-0.25, -0.2) is 0 Å². The van der Waals surface area contributed by atoms with Gasteiger partial charge in [-0.1, -0.05) is 12.1 Å². The number of piperidine rings is 1. The van der Waals surface area contributed by atoms with Gasteiger partial charge < -0.3 is 10.6 Å². The summed E-state index contributed by atoms with van der Waals surface area (Å²) in [6, 6.07) is 5.76. The van der Waals surface area contributed by atoms with Crippen molar-refractivity contribution in [1.29, 1.82) is 0 Å². The van der Waals surface area contributed by atoms with Gasteiger partial charge in [0.25, 0.3) is 0 Å². The summed E-state index contributed by atoms with van der Waals surface area (Å²) in [4.78, 5) is 13.6. The van der Waals surface area contributed by atoms with Crippen LogP contribution in [0.3, 0.4) is 0 Å². The minimum Gasteiger partial charge on any atom is -0.397 e. The van der Waals surface area contributed by atoms with Gasteiger partial charge in [-0.2, -0.15) is 0 Å². The quantitative estimate of drug-likeness (QED) is 0.712. The van der Waals surface area contributed by atoms with E-state index in [2.05, 4.69) is 0 Å². The topological polar surface area (TPSA) is 46.3 Å². The van der Waals surface area contributed by atoms with Gasteiger partial charge in [-0.15, -0.1) is 0 Å². The first-order chi connectivity index (χ1) is 7.20. The Morgan fingerprint density at radius 2 is 2.13 bits per heavy atom. The molecule has 1 aliphatic heterocycles. The van der Waals surface area contributed by atoms with Crippen molar-refractivity contribution < 1.29 is 4.79 Å². The molecule has 0 atom stereocenters. The SMILES string of the molecule is Cc1cccc(N)c1N1CCCCC1=O. The van der Waals surface area contributed by atoms with Crippen molar-refractivity contribution in [2.75, 3.05) is 17.2 Å². The molecule has 15 heavy (non-hydrogen) atoms. The van der Waals surface area contributed by atoms with E-state index < -0.39 is 0 Å². The molecule has 0 saturated carbocycles. The molecule has 1 saturated heterocycles. The van der Waals surface area contributed by atoms with Crippen LogP contribution in [-0.2, 0) is 4.79 Å². The van der Waals surface area contributed by atoms with Gasteiger partial charge in [0, 0.05) is 13.0 Å². The molecule has 0 radical (unpaired) electrons. The van der Waals surface area contributed by atoms with Crippen LogP contribution < -0.4 is 10.6 Å². The zero-order chi connectivity index (χ0) is 10.8. The molecule has 1 amide bonds.